The second-order valence-electron chi connectivity index (χ2n) is 4.98. The minimum atomic E-state index is -0.567. The second kappa shape index (κ2) is 6.68. The van der Waals surface area contributed by atoms with Gasteiger partial charge in [-0.2, -0.15) is 0 Å². The molecule has 0 saturated heterocycles. The van der Waals surface area contributed by atoms with Crippen molar-refractivity contribution < 1.29 is 19.1 Å². The molecule has 2 aromatic rings. The fourth-order valence-electron chi connectivity index (χ4n) is 2.12. The molecule has 0 bridgehead atoms. The van der Waals surface area contributed by atoms with Gasteiger partial charge in [0.25, 0.3) is 0 Å². The van der Waals surface area contributed by atoms with E-state index in [0.717, 1.165) is 0 Å². The van der Waals surface area contributed by atoms with Crippen LogP contribution in [0.1, 0.15) is 18.1 Å². The standard InChI is InChI=1S/C18H12ClNO4/c1-11(21)23-14-7-8-15(19)13(9-14)10-16-18(22)24-17(20-16)12-5-3-2-4-6-12/h2-10H,1H3/b16-10+. The SMILES string of the molecule is CC(=O)Oc1ccc(Cl)c(/C=C2/N=C(c3ccccc3)OC2=O)c1. The lowest BCUT2D eigenvalue weighted by Crippen LogP contribution is -2.05. The van der Waals surface area contributed by atoms with Gasteiger partial charge in [0.2, 0.25) is 5.90 Å². The third-order valence-electron chi connectivity index (χ3n) is 3.16. The van der Waals surface area contributed by atoms with Crippen LogP contribution in [-0.2, 0) is 14.3 Å². The average molecular weight is 342 g/mol. The summed E-state index contributed by atoms with van der Waals surface area (Å²) in [5, 5.41) is 0.398. The molecule has 0 radical (unpaired) electrons. The minimum Gasteiger partial charge on any atom is -0.427 e. The Hall–Kier alpha value is -2.92. The molecule has 2 aromatic carbocycles. The normalized spacial score (nSPS) is 15.2. The molecule has 1 heterocycles. The maximum Gasteiger partial charge on any atom is 0.363 e. The molecule has 1 aliphatic rings. The Morgan fingerprint density at radius 3 is 2.67 bits per heavy atom. The average Bonchev–Trinajstić information content (AvgIpc) is 2.92. The van der Waals surface area contributed by atoms with Crippen LogP contribution in [0.3, 0.4) is 0 Å². The summed E-state index contributed by atoms with van der Waals surface area (Å²) in [6.45, 7) is 1.30. The first-order valence-corrected chi connectivity index (χ1v) is 7.46. The van der Waals surface area contributed by atoms with Crippen LogP contribution in [0.5, 0.6) is 5.75 Å². The van der Waals surface area contributed by atoms with Crippen molar-refractivity contribution in [1.82, 2.24) is 0 Å². The van der Waals surface area contributed by atoms with Crippen LogP contribution in [0.4, 0.5) is 0 Å². The Bertz CT molecular complexity index is 872. The predicted octanol–water partition coefficient (Wildman–Crippen LogP) is 3.61. The van der Waals surface area contributed by atoms with Gasteiger partial charge < -0.3 is 9.47 Å². The lowest BCUT2D eigenvalue weighted by molar-refractivity contribution is -0.132. The molecule has 0 unspecified atom stereocenters. The highest BCUT2D eigenvalue weighted by molar-refractivity contribution is 6.32. The molecule has 0 fully saturated rings. The number of carbonyl (C=O) groups is 2. The van der Waals surface area contributed by atoms with Crippen LogP contribution < -0.4 is 4.74 Å². The van der Waals surface area contributed by atoms with Crippen molar-refractivity contribution in [1.29, 1.82) is 0 Å². The Kier molecular flexibility index (Phi) is 4.44. The largest absolute Gasteiger partial charge is 0.427 e. The molecule has 3 rings (SSSR count). The zero-order valence-electron chi connectivity index (χ0n) is 12.7. The van der Waals surface area contributed by atoms with Gasteiger partial charge in [-0.3, -0.25) is 4.79 Å². The fraction of sp³-hybridized carbons (Fsp3) is 0.0556. The number of hydrogen-bond donors (Lipinski definition) is 0. The first-order valence-electron chi connectivity index (χ1n) is 7.09. The van der Waals surface area contributed by atoms with Crippen molar-refractivity contribution in [3.63, 3.8) is 0 Å². The smallest absolute Gasteiger partial charge is 0.363 e. The van der Waals surface area contributed by atoms with Crippen LogP contribution in [-0.4, -0.2) is 17.8 Å². The maximum absolute atomic E-state index is 12.0. The number of aliphatic imine (C=N–C) groups is 1. The Labute approximate surface area is 143 Å². The van der Waals surface area contributed by atoms with E-state index in [0.29, 0.717) is 21.9 Å². The number of rotatable bonds is 3. The Morgan fingerprint density at radius 1 is 1.21 bits per heavy atom. The molecule has 0 saturated carbocycles. The van der Waals surface area contributed by atoms with Gasteiger partial charge in [-0.25, -0.2) is 9.79 Å². The van der Waals surface area contributed by atoms with E-state index in [2.05, 4.69) is 4.99 Å². The summed E-state index contributed by atoms with van der Waals surface area (Å²) in [5.74, 6) is -0.445. The summed E-state index contributed by atoms with van der Waals surface area (Å²) < 4.78 is 10.2. The summed E-state index contributed by atoms with van der Waals surface area (Å²) >= 11 is 6.13. The quantitative estimate of drug-likeness (QED) is 0.486. The van der Waals surface area contributed by atoms with Crippen LogP contribution in [0.2, 0.25) is 5.02 Å². The van der Waals surface area contributed by atoms with Gasteiger partial charge in [-0.1, -0.05) is 29.8 Å². The van der Waals surface area contributed by atoms with Crippen molar-refractivity contribution in [2.75, 3.05) is 0 Å². The number of esters is 2. The van der Waals surface area contributed by atoms with Crippen molar-refractivity contribution in [3.8, 4) is 5.75 Å². The Balaban J connectivity index is 1.95. The molecule has 24 heavy (non-hydrogen) atoms. The van der Waals surface area contributed by atoms with E-state index in [9.17, 15) is 9.59 Å². The zero-order valence-corrected chi connectivity index (χ0v) is 13.4. The number of ether oxygens (including phenoxy) is 2. The molecular weight excluding hydrogens is 330 g/mol. The monoisotopic (exact) mass is 341 g/mol. The molecule has 0 amide bonds. The van der Waals surface area contributed by atoms with Crippen molar-refractivity contribution in [2.45, 2.75) is 6.92 Å². The van der Waals surface area contributed by atoms with Gasteiger partial charge >= 0.3 is 11.9 Å². The van der Waals surface area contributed by atoms with E-state index in [4.69, 9.17) is 21.1 Å². The number of carbonyl (C=O) groups excluding carboxylic acids is 2. The van der Waals surface area contributed by atoms with E-state index in [1.807, 2.05) is 18.2 Å². The van der Waals surface area contributed by atoms with E-state index in [1.54, 1.807) is 30.3 Å². The van der Waals surface area contributed by atoms with E-state index in [1.165, 1.54) is 13.0 Å². The number of benzene rings is 2. The van der Waals surface area contributed by atoms with Crippen LogP contribution >= 0.6 is 11.6 Å². The summed E-state index contributed by atoms with van der Waals surface area (Å²) in [7, 11) is 0. The van der Waals surface area contributed by atoms with Crippen LogP contribution in [0, 0.1) is 0 Å². The summed E-state index contributed by atoms with van der Waals surface area (Å²) in [6, 6.07) is 13.8. The highest BCUT2D eigenvalue weighted by Gasteiger charge is 2.24. The predicted molar refractivity (Wildman–Crippen MR) is 89.8 cm³/mol. The van der Waals surface area contributed by atoms with E-state index < -0.39 is 11.9 Å². The highest BCUT2D eigenvalue weighted by atomic mass is 35.5. The number of nitrogens with zero attached hydrogens (tertiary/aromatic N) is 1. The number of hydrogen-bond acceptors (Lipinski definition) is 5. The molecule has 0 atom stereocenters. The molecular formula is C18H12ClNO4. The van der Waals surface area contributed by atoms with Crippen LogP contribution in [0.25, 0.3) is 6.08 Å². The molecule has 0 aliphatic carbocycles. The Morgan fingerprint density at radius 2 is 1.96 bits per heavy atom. The maximum atomic E-state index is 12.0. The lowest BCUT2D eigenvalue weighted by Gasteiger charge is -2.04. The van der Waals surface area contributed by atoms with Crippen molar-refractivity contribution >= 4 is 35.5 Å². The summed E-state index contributed by atoms with van der Waals surface area (Å²) in [4.78, 5) is 27.2. The molecule has 0 aromatic heterocycles. The molecule has 6 heteroatoms. The number of halogens is 1. The topological polar surface area (TPSA) is 65.0 Å². The zero-order chi connectivity index (χ0) is 17.1. The third kappa shape index (κ3) is 3.52. The third-order valence-corrected chi connectivity index (χ3v) is 3.51. The summed E-state index contributed by atoms with van der Waals surface area (Å²) in [5.41, 5.74) is 1.32. The molecule has 1 aliphatic heterocycles. The van der Waals surface area contributed by atoms with Gasteiger partial charge in [0.1, 0.15) is 5.75 Å². The first-order chi connectivity index (χ1) is 11.5. The second-order valence-corrected chi connectivity index (χ2v) is 5.39. The molecule has 0 spiro atoms. The fourth-order valence-corrected chi connectivity index (χ4v) is 2.29. The lowest BCUT2D eigenvalue weighted by atomic mass is 10.2. The van der Waals surface area contributed by atoms with Gasteiger partial charge in [0, 0.05) is 17.5 Å². The van der Waals surface area contributed by atoms with E-state index in [-0.39, 0.29) is 11.6 Å². The number of cyclic esters (lactones) is 1. The molecule has 5 nitrogen and oxygen atoms in total. The van der Waals surface area contributed by atoms with Crippen molar-refractivity contribution in [2.24, 2.45) is 4.99 Å². The van der Waals surface area contributed by atoms with Gasteiger partial charge in [-0.15, -0.1) is 0 Å². The van der Waals surface area contributed by atoms with Gasteiger partial charge in [0.15, 0.2) is 5.70 Å². The van der Waals surface area contributed by atoms with Crippen molar-refractivity contribution in [3.05, 3.63) is 70.4 Å². The minimum absolute atomic E-state index is 0.121. The molecule has 0 N–H and O–H groups in total. The summed E-state index contributed by atoms with van der Waals surface area (Å²) in [6.07, 6.45) is 1.49. The first kappa shape index (κ1) is 16.0. The van der Waals surface area contributed by atoms with Gasteiger partial charge in [0.05, 0.1) is 0 Å². The highest BCUT2D eigenvalue weighted by Crippen LogP contribution is 2.26. The van der Waals surface area contributed by atoms with E-state index >= 15 is 0 Å². The van der Waals surface area contributed by atoms with Crippen LogP contribution in [0.15, 0.2) is 59.2 Å². The van der Waals surface area contributed by atoms with Gasteiger partial charge in [-0.05, 0) is 42.0 Å². The molecule has 120 valence electrons.